The van der Waals surface area contributed by atoms with Crippen LogP contribution < -0.4 is 27.8 Å². The fourth-order valence-electron chi connectivity index (χ4n) is 3.78. The van der Waals surface area contributed by atoms with Crippen molar-refractivity contribution in [3.63, 3.8) is 0 Å². The molecule has 170 valence electrons. The van der Waals surface area contributed by atoms with Crippen molar-refractivity contribution in [2.45, 2.75) is 51.2 Å². The number of benzene rings is 1. The van der Waals surface area contributed by atoms with Crippen LogP contribution in [0.1, 0.15) is 37.7 Å². The van der Waals surface area contributed by atoms with Crippen molar-refractivity contribution < 1.29 is 0 Å². The zero-order valence-corrected chi connectivity index (χ0v) is 18.4. The van der Waals surface area contributed by atoms with E-state index >= 15 is 0 Å². The van der Waals surface area contributed by atoms with Crippen LogP contribution in [0, 0.1) is 0 Å². The molecule has 1 aliphatic rings. The molecule has 2 aromatic rings. The number of hydrogen-bond donors (Lipinski definition) is 4. The standard InChI is InChI=1S/C23H37N7O/c24-11-3-12-26-18-19-4-6-21(7-5-19)27-22-10-17-30(23(31)28-22)14-2-1-13-29-15-8-20(25)9-16-29/h4-7,10,17,20,26H,1-3,8-9,11-16,18,24-25H2,(H,27,28,31). The van der Waals surface area contributed by atoms with Crippen LogP contribution in [-0.2, 0) is 13.1 Å². The van der Waals surface area contributed by atoms with Crippen molar-refractivity contribution in [2.75, 3.05) is 38.0 Å². The maximum atomic E-state index is 12.4. The van der Waals surface area contributed by atoms with Gasteiger partial charge in [-0.1, -0.05) is 12.1 Å². The Balaban J connectivity index is 1.41. The van der Waals surface area contributed by atoms with E-state index in [0.717, 1.165) is 70.5 Å². The van der Waals surface area contributed by atoms with Gasteiger partial charge < -0.3 is 27.0 Å². The topological polar surface area (TPSA) is 114 Å². The number of hydrogen-bond acceptors (Lipinski definition) is 7. The first-order valence-electron chi connectivity index (χ1n) is 11.5. The van der Waals surface area contributed by atoms with E-state index in [9.17, 15) is 4.79 Å². The summed E-state index contributed by atoms with van der Waals surface area (Å²) >= 11 is 0. The largest absolute Gasteiger partial charge is 0.349 e. The molecule has 0 amide bonds. The van der Waals surface area contributed by atoms with E-state index in [-0.39, 0.29) is 5.69 Å². The van der Waals surface area contributed by atoms with E-state index in [1.165, 1.54) is 5.56 Å². The predicted molar refractivity (Wildman–Crippen MR) is 126 cm³/mol. The molecular formula is C23H37N7O. The van der Waals surface area contributed by atoms with Gasteiger partial charge in [0.05, 0.1) is 0 Å². The first-order chi connectivity index (χ1) is 15.1. The molecule has 0 radical (unpaired) electrons. The molecular weight excluding hydrogens is 390 g/mol. The van der Waals surface area contributed by atoms with E-state index in [2.05, 4.69) is 32.7 Å². The maximum absolute atomic E-state index is 12.4. The normalized spacial score (nSPS) is 15.3. The monoisotopic (exact) mass is 427 g/mol. The number of rotatable bonds is 12. The number of unbranched alkanes of at least 4 members (excludes halogenated alkanes) is 1. The molecule has 0 atom stereocenters. The number of likely N-dealkylation sites (tertiary alicyclic amines) is 1. The highest BCUT2D eigenvalue weighted by Crippen LogP contribution is 2.14. The average Bonchev–Trinajstić information content (AvgIpc) is 2.78. The molecule has 1 aliphatic heterocycles. The van der Waals surface area contributed by atoms with E-state index in [0.29, 0.717) is 24.9 Å². The summed E-state index contributed by atoms with van der Waals surface area (Å²) < 4.78 is 1.69. The highest BCUT2D eigenvalue weighted by molar-refractivity contribution is 5.55. The van der Waals surface area contributed by atoms with Crippen LogP contribution in [0.25, 0.3) is 0 Å². The van der Waals surface area contributed by atoms with Gasteiger partial charge in [-0.25, -0.2) is 4.79 Å². The third-order valence-electron chi connectivity index (χ3n) is 5.74. The second kappa shape index (κ2) is 12.6. The summed E-state index contributed by atoms with van der Waals surface area (Å²) in [4.78, 5) is 19.0. The smallest absolute Gasteiger partial charge is 0.340 e. The minimum atomic E-state index is -0.213. The summed E-state index contributed by atoms with van der Waals surface area (Å²) in [7, 11) is 0. The molecule has 2 heterocycles. The van der Waals surface area contributed by atoms with Gasteiger partial charge in [0.2, 0.25) is 0 Å². The fourth-order valence-corrected chi connectivity index (χ4v) is 3.78. The molecule has 0 bridgehead atoms. The van der Waals surface area contributed by atoms with Crippen LogP contribution in [0.15, 0.2) is 41.3 Å². The zero-order valence-electron chi connectivity index (χ0n) is 18.4. The Morgan fingerprint density at radius 1 is 1.03 bits per heavy atom. The fraction of sp³-hybridized carbons (Fsp3) is 0.565. The second-order valence-corrected chi connectivity index (χ2v) is 8.32. The van der Waals surface area contributed by atoms with Crippen molar-refractivity contribution in [3.05, 3.63) is 52.6 Å². The van der Waals surface area contributed by atoms with Crippen molar-refractivity contribution in [2.24, 2.45) is 11.5 Å². The molecule has 8 heteroatoms. The van der Waals surface area contributed by atoms with Gasteiger partial charge in [0.15, 0.2) is 0 Å². The molecule has 1 fully saturated rings. The lowest BCUT2D eigenvalue weighted by molar-refractivity contribution is 0.208. The number of piperidine rings is 1. The van der Waals surface area contributed by atoms with Crippen LogP contribution >= 0.6 is 0 Å². The van der Waals surface area contributed by atoms with E-state index in [1.54, 1.807) is 4.57 Å². The van der Waals surface area contributed by atoms with Crippen molar-refractivity contribution >= 4 is 11.5 Å². The van der Waals surface area contributed by atoms with Gasteiger partial charge in [0, 0.05) is 31.0 Å². The Morgan fingerprint density at radius 2 is 1.77 bits per heavy atom. The van der Waals surface area contributed by atoms with Gasteiger partial charge >= 0.3 is 5.69 Å². The van der Waals surface area contributed by atoms with Gasteiger partial charge in [-0.2, -0.15) is 4.98 Å². The van der Waals surface area contributed by atoms with Crippen molar-refractivity contribution in [1.29, 1.82) is 0 Å². The molecule has 1 aromatic carbocycles. The average molecular weight is 428 g/mol. The molecule has 1 aromatic heterocycles. The number of anilines is 2. The highest BCUT2D eigenvalue weighted by atomic mass is 16.1. The Kier molecular flexibility index (Phi) is 9.48. The first-order valence-corrected chi connectivity index (χ1v) is 11.5. The minimum Gasteiger partial charge on any atom is -0.340 e. The molecule has 0 unspecified atom stereocenters. The van der Waals surface area contributed by atoms with Gasteiger partial charge in [0.1, 0.15) is 5.82 Å². The van der Waals surface area contributed by atoms with Crippen molar-refractivity contribution in [1.82, 2.24) is 19.8 Å². The van der Waals surface area contributed by atoms with Crippen LogP contribution in [0.5, 0.6) is 0 Å². The quantitative estimate of drug-likeness (QED) is 0.381. The van der Waals surface area contributed by atoms with E-state index < -0.39 is 0 Å². The summed E-state index contributed by atoms with van der Waals surface area (Å²) in [6, 6.07) is 10.4. The number of nitrogens with zero attached hydrogens (tertiary/aromatic N) is 3. The maximum Gasteiger partial charge on any atom is 0.349 e. The van der Waals surface area contributed by atoms with Gasteiger partial charge in [-0.15, -0.1) is 0 Å². The minimum absolute atomic E-state index is 0.213. The van der Waals surface area contributed by atoms with Gasteiger partial charge in [0.25, 0.3) is 0 Å². The third-order valence-corrected chi connectivity index (χ3v) is 5.74. The number of nitrogens with one attached hydrogen (secondary N) is 2. The molecule has 1 saturated heterocycles. The van der Waals surface area contributed by atoms with Crippen LogP contribution in [0.3, 0.4) is 0 Å². The molecule has 6 N–H and O–H groups in total. The molecule has 0 saturated carbocycles. The Bertz CT molecular complexity index is 829. The SMILES string of the molecule is NCCCNCc1ccc(Nc2ccn(CCCCN3CCC(N)CC3)c(=O)n2)cc1. The summed E-state index contributed by atoms with van der Waals surface area (Å²) in [5.41, 5.74) is 13.4. The molecule has 3 rings (SSSR count). The first kappa shape index (κ1) is 23.4. The number of nitrogens with two attached hydrogens (primary N) is 2. The molecule has 0 aliphatic carbocycles. The van der Waals surface area contributed by atoms with Gasteiger partial charge in [-0.3, -0.25) is 4.57 Å². The summed E-state index contributed by atoms with van der Waals surface area (Å²) in [5, 5.41) is 6.57. The number of aryl methyl sites for hydroxylation is 1. The highest BCUT2D eigenvalue weighted by Gasteiger charge is 2.15. The Morgan fingerprint density at radius 3 is 2.48 bits per heavy atom. The molecule has 0 spiro atoms. The van der Waals surface area contributed by atoms with Gasteiger partial charge in [-0.05, 0) is 88.6 Å². The van der Waals surface area contributed by atoms with Crippen LogP contribution in [-0.4, -0.2) is 53.2 Å². The van der Waals surface area contributed by atoms with E-state index in [1.807, 2.05) is 24.4 Å². The summed E-state index contributed by atoms with van der Waals surface area (Å²) in [5.74, 6) is 0.569. The Hall–Kier alpha value is -2.26. The Labute approximate surface area is 185 Å². The second-order valence-electron chi connectivity index (χ2n) is 8.32. The summed E-state index contributed by atoms with van der Waals surface area (Å²) in [6.07, 6.45) is 7.03. The van der Waals surface area contributed by atoms with Crippen molar-refractivity contribution in [3.8, 4) is 0 Å². The molecule has 31 heavy (non-hydrogen) atoms. The van der Waals surface area contributed by atoms with Crippen LogP contribution in [0.2, 0.25) is 0 Å². The lowest BCUT2D eigenvalue weighted by Crippen LogP contribution is -2.40. The summed E-state index contributed by atoms with van der Waals surface area (Å²) in [6.45, 7) is 6.40. The van der Waals surface area contributed by atoms with Crippen LogP contribution in [0.4, 0.5) is 11.5 Å². The zero-order chi connectivity index (χ0) is 21.9. The number of aromatic nitrogens is 2. The lowest BCUT2D eigenvalue weighted by atomic mass is 10.1. The lowest BCUT2D eigenvalue weighted by Gasteiger charge is -2.29. The predicted octanol–water partition coefficient (Wildman–Crippen LogP) is 1.63. The van der Waals surface area contributed by atoms with E-state index in [4.69, 9.17) is 11.5 Å². The molecule has 8 nitrogen and oxygen atoms in total. The third kappa shape index (κ3) is 8.06.